The van der Waals surface area contributed by atoms with Gasteiger partial charge < -0.3 is 0 Å². The third-order valence-corrected chi connectivity index (χ3v) is 3.31. The van der Waals surface area contributed by atoms with Gasteiger partial charge in [0.05, 0.1) is 4.92 Å². The summed E-state index contributed by atoms with van der Waals surface area (Å²) in [6.07, 6.45) is 1.98. The van der Waals surface area contributed by atoms with Crippen molar-refractivity contribution in [3.05, 3.63) is 39.9 Å². The second kappa shape index (κ2) is 4.43. The molecule has 0 saturated carbocycles. The van der Waals surface area contributed by atoms with E-state index in [0.717, 1.165) is 18.4 Å². The van der Waals surface area contributed by atoms with Crippen LogP contribution in [0.15, 0.2) is 24.3 Å². The molecular formula is C12H17NO2. The first kappa shape index (κ1) is 11.7. The predicted molar refractivity (Wildman–Crippen MR) is 61.0 cm³/mol. The van der Waals surface area contributed by atoms with Crippen molar-refractivity contribution in [2.24, 2.45) is 0 Å². The molecule has 0 unspecified atom stereocenters. The number of nitrogens with zero attached hydrogens (tertiary/aromatic N) is 1. The van der Waals surface area contributed by atoms with E-state index < -0.39 is 0 Å². The van der Waals surface area contributed by atoms with Crippen LogP contribution < -0.4 is 0 Å². The Hall–Kier alpha value is -1.38. The topological polar surface area (TPSA) is 43.1 Å². The van der Waals surface area contributed by atoms with Crippen molar-refractivity contribution in [1.82, 2.24) is 0 Å². The van der Waals surface area contributed by atoms with Crippen LogP contribution in [0.2, 0.25) is 0 Å². The molecular weight excluding hydrogens is 190 g/mol. The molecule has 1 aromatic carbocycles. The summed E-state index contributed by atoms with van der Waals surface area (Å²) < 4.78 is 0. The first-order chi connectivity index (χ1) is 7.03. The lowest BCUT2D eigenvalue weighted by molar-refractivity contribution is -0.385. The van der Waals surface area contributed by atoms with E-state index in [4.69, 9.17) is 0 Å². The summed E-state index contributed by atoms with van der Waals surface area (Å²) in [4.78, 5) is 10.3. The molecule has 0 radical (unpaired) electrons. The first-order valence-corrected chi connectivity index (χ1v) is 5.28. The number of non-ortho nitro benzene ring substituents is 1. The molecule has 0 heterocycles. The Kier molecular flexibility index (Phi) is 3.45. The smallest absolute Gasteiger partial charge is 0.258 e. The van der Waals surface area contributed by atoms with Crippen LogP contribution in [-0.4, -0.2) is 4.92 Å². The maximum atomic E-state index is 10.7. The summed E-state index contributed by atoms with van der Waals surface area (Å²) in [5.41, 5.74) is 1.29. The van der Waals surface area contributed by atoms with Gasteiger partial charge in [-0.1, -0.05) is 32.9 Å². The van der Waals surface area contributed by atoms with Crippen molar-refractivity contribution >= 4 is 5.69 Å². The highest BCUT2D eigenvalue weighted by molar-refractivity contribution is 5.37. The van der Waals surface area contributed by atoms with Gasteiger partial charge in [-0.2, -0.15) is 0 Å². The molecule has 82 valence electrons. The Bertz CT molecular complexity index is 356. The Morgan fingerprint density at radius 1 is 1.33 bits per heavy atom. The normalized spacial score (nSPS) is 11.4. The van der Waals surface area contributed by atoms with Crippen LogP contribution in [0.4, 0.5) is 5.69 Å². The number of benzene rings is 1. The lowest BCUT2D eigenvalue weighted by atomic mass is 9.78. The second-order valence-electron chi connectivity index (χ2n) is 4.08. The molecule has 3 nitrogen and oxygen atoms in total. The lowest BCUT2D eigenvalue weighted by Crippen LogP contribution is -2.19. The van der Waals surface area contributed by atoms with Crippen LogP contribution in [0.3, 0.4) is 0 Å². The minimum atomic E-state index is -0.338. The van der Waals surface area contributed by atoms with E-state index >= 15 is 0 Å². The maximum absolute atomic E-state index is 10.7. The molecule has 0 saturated heterocycles. The maximum Gasteiger partial charge on any atom is 0.269 e. The molecule has 0 bridgehead atoms. The fourth-order valence-electron chi connectivity index (χ4n) is 1.65. The summed E-state index contributed by atoms with van der Waals surface area (Å²) in [7, 11) is 0. The van der Waals surface area contributed by atoms with Gasteiger partial charge in [0.2, 0.25) is 0 Å². The summed E-state index contributed by atoms with van der Waals surface area (Å²) in [6, 6.07) is 6.96. The Balaban J connectivity index is 3.14. The van der Waals surface area contributed by atoms with Crippen molar-refractivity contribution in [3.8, 4) is 0 Å². The molecule has 0 atom stereocenters. The second-order valence-corrected chi connectivity index (χ2v) is 4.08. The number of nitro benzene ring substituents is 1. The summed E-state index contributed by atoms with van der Waals surface area (Å²) >= 11 is 0. The van der Waals surface area contributed by atoms with Gasteiger partial charge in [-0.3, -0.25) is 10.1 Å². The molecule has 0 N–H and O–H groups in total. The fourth-order valence-corrected chi connectivity index (χ4v) is 1.65. The number of hydrogen-bond acceptors (Lipinski definition) is 2. The van der Waals surface area contributed by atoms with Gasteiger partial charge in [-0.05, 0) is 23.8 Å². The fraction of sp³-hybridized carbons (Fsp3) is 0.500. The van der Waals surface area contributed by atoms with Gasteiger partial charge >= 0.3 is 0 Å². The number of hydrogen-bond donors (Lipinski definition) is 0. The third kappa shape index (κ3) is 2.35. The van der Waals surface area contributed by atoms with Crippen LogP contribution in [0.25, 0.3) is 0 Å². The zero-order valence-corrected chi connectivity index (χ0v) is 9.49. The van der Waals surface area contributed by atoms with Crippen molar-refractivity contribution < 1.29 is 4.92 Å². The lowest BCUT2D eigenvalue weighted by Gasteiger charge is -2.26. The molecule has 0 amide bonds. The largest absolute Gasteiger partial charge is 0.269 e. The van der Waals surface area contributed by atoms with Gasteiger partial charge in [0.1, 0.15) is 0 Å². The molecule has 1 rings (SSSR count). The molecule has 0 aliphatic carbocycles. The average molecular weight is 207 g/mol. The van der Waals surface area contributed by atoms with Gasteiger partial charge in [0.15, 0.2) is 0 Å². The van der Waals surface area contributed by atoms with E-state index in [1.807, 2.05) is 6.07 Å². The zero-order valence-electron chi connectivity index (χ0n) is 9.49. The summed E-state index contributed by atoms with van der Waals surface area (Å²) in [5.74, 6) is 0. The van der Waals surface area contributed by atoms with Crippen molar-refractivity contribution in [1.29, 1.82) is 0 Å². The van der Waals surface area contributed by atoms with Crippen LogP contribution in [0, 0.1) is 10.1 Å². The Labute approximate surface area is 90.3 Å². The van der Waals surface area contributed by atoms with Crippen molar-refractivity contribution in [2.45, 2.75) is 39.0 Å². The van der Waals surface area contributed by atoms with Crippen LogP contribution in [-0.2, 0) is 5.41 Å². The minimum absolute atomic E-state index is 0.0476. The van der Waals surface area contributed by atoms with Crippen molar-refractivity contribution in [3.63, 3.8) is 0 Å². The van der Waals surface area contributed by atoms with E-state index in [1.54, 1.807) is 12.1 Å². The number of nitro groups is 1. The summed E-state index contributed by atoms with van der Waals surface area (Å²) in [5, 5.41) is 10.7. The third-order valence-electron chi connectivity index (χ3n) is 3.31. The van der Waals surface area contributed by atoms with Gasteiger partial charge in [-0.15, -0.1) is 0 Å². The van der Waals surface area contributed by atoms with Gasteiger partial charge in [-0.25, -0.2) is 0 Å². The standard InChI is InChI=1S/C12H17NO2/c1-4-12(3,5-2)10-7-6-8-11(9-10)13(14)15/h6-9H,4-5H2,1-3H3. The monoisotopic (exact) mass is 207 g/mol. The highest BCUT2D eigenvalue weighted by Crippen LogP contribution is 2.32. The average Bonchev–Trinajstić information content (AvgIpc) is 2.28. The van der Waals surface area contributed by atoms with Crippen LogP contribution in [0.5, 0.6) is 0 Å². The van der Waals surface area contributed by atoms with Gasteiger partial charge in [0, 0.05) is 12.1 Å². The zero-order chi connectivity index (χ0) is 11.5. The van der Waals surface area contributed by atoms with E-state index in [2.05, 4.69) is 20.8 Å². The molecule has 3 heteroatoms. The van der Waals surface area contributed by atoms with E-state index in [0.29, 0.717) is 0 Å². The molecule has 0 fully saturated rings. The van der Waals surface area contributed by atoms with Crippen LogP contribution >= 0.6 is 0 Å². The molecule has 0 aromatic heterocycles. The highest BCUT2D eigenvalue weighted by Gasteiger charge is 2.23. The molecule has 0 aliphatic rings. The first-order valence-electron chi connectivity index (χ1n) is 5.28. The number of rotatable bonds is 4. The van der Waals surface area contributed by atoms with Crippen LogP contribution in [0.1, 0.15) is 39.2 Å². The van der Waals surface area contributed by atoms with Gasteiger partial charge in [0.25, 0.3) is 5.69 Å². The SMILES string of the molecule is CCC(C)(CC)c1cccc([N+](=O)[O-])c1. The molecule has 15 heavy (non-hydrogen) atoms. The molecule has 0 spiro atoms. The Morgan fingerprint density at radius 2 is 1.93 bits per heavy atom. The Morgan fingerprint density at radius 3 is 2.40 bits per heavy atom. The highest BCUT2D eigenvalue weighted by atomic mass is 16.6. The molecule has 0 aliphatic heterocycles. The van der Waals surface area contributed by atoms with E-state index in [9.17, 15) is 10.1 Å². The van der Waals surface area contributed by atoms with E-state index in [-0.39, 0.29) is 16.0 Å². The quantitative estimate of drug-likeness (QED) is 0.558. The minimum Gasteiger partial charge on any atom is -0.258 e. The van der Waals surface area contributed by atoms with Crippen molar-refractivity contribution in [2.75, 3.05) is 0 Å². The predicted octanol–water partition coefficient (Wildman–Crippen LogP) is 3.67. The molecule has 1 aromatic rings. The van der Waals surface area contributed by atoms with E-state index in [1.165, 1.54) is 6.07 Å². The summed E-state index contributed by atoms with van der Waals surface area (Å²) in [6.45, 7) is 6.37.